The first-order chi connectivity index (χ1) is 31.9. The first-order valence-electron chi connectivity index (χ1n) is 22.2. The van der Waals surface area contributed by atoms with Gasteiger partial charge in [0.1, 0.15) is 41.5 Å². The van der Waals surface area contributed by atoms with Gasteiger partial charge in [0.25, 0.3) is 5.75 Å². The van der Waals surface area contributed by atoms with Crippen molar-refractivity contribution in [2.75, 3.05) is 19.8 Å². The van der Waals surface area contributed by atoms with Crippen molar-refractivity contribution in [3.63, 3.8) is 0 Å². The number of esters is 2. The summed E-state index contributed by atoms with van der Waals surface area (Å²) < 4.78 is 14.2. The maximum absolute atomic E-state index is 13.4. The number of hydrogen-bond acceptors (Lipinski definition) is 11. The second-order valence-electron chi connectivity index (χ2n) is 19.4. The summed E-state index contributed by atoms with van der Waals surface area (Å²) in [5, 5.41) is 12.3. The van der Waals surface area contributed by atoms with Gasteiger partial charge in [-0.3, -0.25) is 4.79 Å². The molecular weight excluding hydrogens is 845 g/mol. The molecule has 3 aromatic heterocycles. The molecule has 0 spiro atoms. The SMILES string of the molecule is C=Cc1c(C=C)c2nc3nc(nc4[nH]c(nc5nc(nc1[nH]2)-c1ccccc1-5)c1c4=C[O+](c2cccc(C(=O)OCC(O)COC(=O)C(C)(CC(C)(C)C)C(C)(C)C)c2)CC=1)-c1ccccc1-3. The molecule has 3 aliphatic heterocycles. The minimum atomic E-state index is -1.22. The average molecular weight is 898 g/mol. The number of fused-ring (bicyclic) bond motifs is 17. The molecular formula is C53H53N8O6+. The summed E-state index contributed by atoms with van der Waals surface area (Å²) in [5.41, 5.74) is 5.68. The molecule has 0 fully saturated rings. The maximum Gasteiger partial charge on any atom is 0.338 e. The van der Waals surface area contributed by atoms with E-state index in [4.69, 9.17) is 39.4 Å². The second kappa shape index (κ2) is 17.0. The Morgan fingerprint density at radius 3 is 1.69 bits per heavy atom. The van der Waals surface area contributed by atoms with Crippen LogP contribution >= 0.6 is 0 Å². The Balaban J connectivity index is 1.08. The van der Waals surface area contributed by atoms with Crippen LogP contribution in [-0.2, 0) is 18.6 Å². The molecule has 9 rings (SSSR count). The Hall–Kier alpha value is -7.58. The van der Waals surface area contributed by atoms with Crippen LogP contribution < -0.4 is 10.4 Å². The number of aliphatic hydroxyl groups is 1. The van der Waals surface area contributed by atoms with Crippen LogP contribution in [0.2, 0.25) is 0 Å². The number of benzene rings is 3. The van der Waals surface area contributed by atoms with Crippen LogP contribution in [0.1, 0.15) is 76.4 Å². The predicted octanol–water partition coefficient (Wildman–Crippen LogP) is 8.90. The van der Waals surface area contributed by atoms with Gasteiger partial charge in [-0.2, -0.15) is 0 Å². The molecule has 0 radical (unpaired) electrons. The molecule has 0 amide bonds. The first kappa shape index (κ1) is 44.6. The molecule has 6 aromatic rings. The highest BCUT2D eigenvalue weighted by Crippen LogP contribution is 2.47. The van der Waals surface area contributed by atoms with Crippen LogP contribution in [0.15, 0.2) is 86.0 Å². The smallest absolute Gasteiger partial charge is 0.338 e. The van der Waals surface area contributed by atoms with E-state index in [1.165, 1.54) is 0 Å². The van der Waals surface area contributed by atoms with E-state index in [1.807, 2.05) is 94.6 Å². The van der Waals surface area contributed by atoms with Crippen LogP contribution in [-0.4, -0.2) is 82.8 Å². The number of rotatable bonds is 10. The van der Waals surface area contributed by atoms with Crippen LogP contribution in [0.25, 0.3) is 92.6 Å². The van der Waals surface area contributed by atoms with E-state index in [0.29, 0.717) is 69.9 Å². The molecule has 0 saturated carbocycles. The van der Waals surface area contributed by atoms with E-state index in [-0.39, 0.29) is 24.2 Å². The summed E-state index contributed by atoms with van der Waals surface area (Å²) in [5.74, 6) is 1.44. The number of H-pyrrole nitrogens is 2. The molecule has 67 heavy (non-hydrogen) atoms. The second-order valence-corrected chi connectivity index (χ2v) is 19.4. The maximum atomic E-state index is 13.4. The zero-order valence-corrected chi connectivity index (χ0v) is 38.7. The Morgan fingerprint density at radius 2 is 1.18 bits per heavy atom. The molecule has 3 aromatic carbocycles. The van der Waals surface area contributed by atoms with Gasteiger partial charge in [-0.15, -0.1) is 0 Å². The number of nitrogens with zero attached hydrogens (tertiary/aromatic N) is 6. The molecule has 14 heteroatoms. The number of nitrogens with one attached hydrogen (secondary N) is 2. The third kappa shape index (κ3) is 8.44. The van der Waals surface area contributed by atoms with Crippen molar-refractivity contribution < 1.29 is 28.5 Å². The number of carbonyl (C=O) groups excluding carboxylic acids is 2. The van der Waals surface area contributed by atoms with Crippen LogP contribution in [0.3, 0.4) is 0 Å². The monoisotopic (exact) mass is 897 g/mol. The van der Waals surface area contributed by atoms with E-state index < -0.39 is 28.9 Å². The van der Waals surface area contributed by atoms with Crippen molar-refractivity contribution in [1.82, 2.24) is 39.9 Å². The van der Waals surface area contributed by atoms with Crippen molar-refractivity contribution in [2.45, 2.75) is 61.0 Å². The van der Waals surface area contributed by atoms with Gasteiger partial charge in [-0.1, -0.05) is 121 Å². The molecule has 0 aliphatic carbocycles. The highest BCUT2D eigenvalue weighted by Gasteiger charge is 2.48. The number of carbonyl (C=O) groups is 2. The fourth-order valence-corrected chi connectivity index (χ4v) is 8.70. The van der Waals surface area contributed by atoms with Gasteiger partial charge < -0.3 is 28.9 Å². The normalized spacial score (nSPS) is 14.3. The van der Waals surface area contributed by atoms with Crippen molar-refractivity contribution in [2.24, 2.45) is 16.2 Å². The third-order valence-corrected chi connectivity index (χ3v) is 12.5. The molecule has 0 saturated heterocycles. The number of aromatic nitrogens is 8. The van der Waals surface area contributed by atoms with Crippen LogP contribution in [0, 0.1) is 16.2 Å². The van der Waals surface area contributed by atoms with Crippen LogP contribution in [0.4, 0.5) is 0 Å². The molecule has 8 bridgehead atoms. The minimum absolute atomic E-state index is 0.129. The van der Waals surface area contributed by atoms with Crippen molar-refractivity contribution in [3.8, 4) is 51.3 Å². The fraction of sp³-hybridized carbons (Fsp3) is 0.283. The van der Waals surface area contributed by atoms with Crippen molar-refractivity contribution in [3.05, 3.63) is 113 Å². The number of ether oxygens (including phenoxy) is 2. The van der Waals surface area contributed by atoms with Crippen molar-refractivity contribution in [1.29, 1.82) is 0 Å². The van der Waals surface area contributed by atoms with Crippen LogP contribution in [0.5, 0.6) is 5.75 Å². The lowest BCUT2D eigenvalue weighted by molar-refractivity contribution is -0.168. The fourth-order valence-electron chi connectivity index (χ4n) is 8.70. The van der Waals surface area contributed by atoms with E-state index >= 15 is 0 Å². The molecule has 340 valence electrons. The molecule has 6 heterocycles. The zero-order valence-electron chi connectivity index (χ0n) is 38.7. The highest BCUT2D eigenvalue weighted by atomic mass is 16.7. The van der Waals surface area contributed by atoms with Gasteiger partial charge in [0.05, 0.1) is 11.0 Å². The summed E-state index contributed by atoms with van der Waals surface area (Å²) in [6.07, 6.45) is 6.72. The van der Waals surface area contributed by atoms with Gasteiger partial charge >= 0.3 is 11.9 Å². The lowest BCUT2D eigenvalue weighted by Gasteiger charge is -2.43. The largest absolute Gasteiger partial charge is 0.537 e. The number of aromatic amines is 2. The van der Waals surface area contributed by atoms with Gasteiger partial charge in [-0.05, 0) is 30.2 Å². The molecule has 2 atom stereocenters. The van der Waals surface area contributed by atoms with E-state index in [1.54, 1.807) is 30.4 Å². The third-order valence-electron chi connectivity index (χ3n) is 12.5. The number of hydrogen-bond donors (Lipinski definition) is 3. The predicted molar refractivity (Wildman–Crippen MR) is 260 cm³/mol. The summed E-state index contributed by atoms with van der Waals surface area (Å²) in [6, 6.07) is 22.5. The highest BCUT2D eigenvalue weighted by molar-refractivity contribution is 5.90. The summed E-state index contributed by atoms with van der Waals surface area (Å²) in [7, 11) is 0. The summed E-state index contributed by atoms with van der Waals surface area (Å²) >= 11 is 0. The van der Waals surface area contributed by atoms with Gasteiger partial charge in [-0.25, -0.2) is 34.7 Å². The number of aliphatic hydroxyl groups excluding tert-OH is 1. The minimum Gasteiger partial charge on any atom is -0.537 e. The standard InChI is InChI=1S/C53H53N8O6/c1-10-33-34(11-2)42-54-41(33)55-43-35-19-12-14-21-37(35)45(57-43)59-47-39-23-24-67(28-40(39)48(61-47)60-46-38-22-15-13-20-36(38)44(56-42)58-46)32-18-16-17-30(25-32)49(63)65-26-31(62)27-66-50(64)53(9,52(6,7)8)29-51(3,4)5/h10-23,25,28,31,62H,1-2,24,26-27,29H2,3-9H3,(H2,54,55,56,57,58,59,60,61)/q+1. The topological polar surface area (TPSA) is 184 Å². The van der Waals surface area contributed by atoms with E-state index in [2.05, 4.69) is 48.3 Å². The lowest BCUT2D eigenvalue weighted by atomic mass is 9.61. The molecule has 2 unspecified atom stereocenters. The molecule has 14 nitrogen and oxygen atoms in total. The quantitative estimate of drug-likeness (QED) is 0.0880. The molecule has 3 aliphatic rings. The van der Waals surface area contributed by atoms with E-state index in [9.17, 15) is 14.7 Å². The Morgan fingerprint density at radius 1 is 0.687 bits per heavy atom. The molecule has 3 N–H and O–H groups in total. The Kier molecular flexibility index (Phi) is 11.3. The lowest BCUT2D eigenvalue weighted by Crippen LogP contribution is -2.45. The van der Waals surface area contributed by atoms with E-state index in [0.717, 1.165) is 38.6 Å². The van der Waals surface area contributed by atoms with Gasteiger partial charge in [0.15, 0.2) is 35.6 Å². The van der Waals surface area contributed by atoms with Gasteiger partial charge in [0.2, 0.25) is 6.26 Å². The Bertz CT molecular complexity index is 3320. The first-order valence-corrected chi connectivity index (χ1v) is 22.2. The zero-order chi connectivity index (χ0) is 47.4. The summed E-state index contributed by atoms with van der Waals surface area (Å²) in [6.45, 7) is 22.0. The Labute approximate surface area is 387 Å². The summed E-state index contributed by atoms with van der Waals surface area (Å²) in [4.78, 5) is 63.9. The average Bonchev–Trinajstić information content (AvgIpc) is 4.03. The van der Waals surface area contributed by atoms with Gasteiger partial charge in [0, 0.05) is 56.8 Å². The van der Waals surface area contributed by atoms with Crippen molar-refractivity contribution >= 4 is 59.0 Å².